The van der Waals surface area contributed by atoms with E-state index in [2.05, 4.69) is 47.8 Å². The van der Waals surface area contributed by atoms with Gasteiger partial charge in [-0.25, -0.2) is 4.98 Å². The van der Waals surface area contributed by atoms with Crippen molar-refractivity contribution in [3.8, 4) is 44.9 Å². The van der Waals surface area contributed by atoms with Crippen molar-refractivity contribution in [2.45, 2.75) is 6.92 Å². The van der Waals surface area contributed by atoms with E-state index >= 15 is 0 Å². The van der Waals surface area contributed by atoms with Crippen LogP contribution < -0.4 is 14.8 Å². The third-order valence-corrected chi connectivity index (χ3v) is 6.07. The van der Waals surface area contributed by atoms with Crippen molar-refractivity contribution in [3.05, 3.63) is 97.1 Å². The smallest absolute Gasteiger partial charge is 0.222 e. The van der Waals surface area contributed by atoms with Crippen molar-refractivity contribution >= 4 is 22.6 Å². The summed E-state index contributed by atoms with van der Waals surface area (Å²) in [4.78, 5) is 17.0. The van der Waals surface area contributed by atoms with Gasteiger partial charge in [0.05, 0.1) is 19.7 Å². The van der Waals surface area contributed by atoms with Gasteiger partial charge in [0.2, 0.25) is 5.91 Å². The highest BCUT2D eigenvalue weighted by atomic mass is 16.5. The van der Waals surface area contributed by atoms with Crippen LogP contribution in [0.5, 0.6) is 11.5 Å². The highest BCUT2D eigenvalue weighted by Crippen LogP contribution is 2.39. The third-order valence-electron chi connectivity index (χ3n) is 6.07. The largest absolute Gasteiger partial charge is 0.493 e. The standard InChI is InChI=1S/C31H26N2O3/c1-20(34)32-31-27(17-26-18-29(35-2)30(36-3)19-28(26)33-31)25-15-23(21-10-6-4-7-11-21)14-24(16-25)22-12-8-5-9-13-22/h4-19H,1-3H3,(H,32,33,34). The van der Waals surface area contributed by atoms with Crippen LogP contribution in [0.4, 0.5) is 5.82 Å². The Bertz CT molecular complexity index is 1490. The first-order valence-corrected chi connectivity index (χ1v) is 11.7. The number of rotatable bonds is 6. The van der Waals surface area contributed by atoms with E-state index in [9.17, 15) is 4.79 Å². The summed E-state index contributed by atoms with van der Waals surface area (Å²) in [7, 11) is 3.20. The number of nitrogens with one attached hydrogen (secondary N) is 1. The number of ether oxygens (including phenoxy) is 2. The second-order valence-electron chi connectivity index (χ2n) is 8.50. The summed E-state index contributed by atoms with van der Waals surface area (Å²) < 4.78 is 11.0. The SMILES string of the molecule is COc1cc2cc(-c3cc(-c4ccccc4)cc(-c4ccccc4)c3)c(NC(C)=O)nc2cc1OC. The van der Waals surface area contributed by atoms with Crippen LogP contribution in [0.15, 0.2) is 97.1 Å². The van der Waals surface area contributed by atoms with Crippen LogP contribution in [0.2, 0.25) is 0 Å². The molecule has 0 aliphatic heterocycles. The van der Waals surface area contributed by atoms with Crippen LogP contribution in [0.25, 0.3) is 44.3 Å². The fourth-order valence-corrected chi connectivity index (χ4v) is 4.36. The monoisotopic (exact) mass is 474 g/mol. The summed E-state index contributed by atoms with van der Waals surface area (Å²) in [6.45, 7) is 1.49. The first-order chi connectivity index (χ1) is 17.6. The number of hydrogen-bond donors (Lipinski definition) is 1. The van der Waals surface area contributed by atoms with Crippen LogP contribution in [0, 0.1) is 0 Å². The number of amides is 1. The normalized spacial score (nSPS) is 10.8. The molecule has 0 bridgehead atoms. The number of hydrogen-bond acceptors (Lipinski definition) is 4. The van der Waals surface area contributed by atoms with Crippen molar-refractivity contribution in [1.82, 2.24) is 4.98 Å². The minimum Gasteiger partial charge on any atom is -0.493 e. The van der Waals surface area contributed by atoms with Gasteiger partial charge in [-0.2, -0.15) is 0 Å². The summed E-state index contributed by atoms with van der Waals surface area (Å²) >= 11 is 0. The number of aromatic nitrogens is 1. The van der Waals surface area contributed by atoms with Gasteiger partial charge in [0, 0.05) is 23.9 Å². The molecule has 0 spiro atoms. The molecule has 5 heteroatoms. The van der Waals surface area contributed by atoms with Crippen molar-refractivity contribution in [2.24, 2.45) is 0 Å². The number of benzene rings is 4. The maximum absolute atomic E-state index is 12.1. The molecular weight excluding hydrogens is 448 g/mol. The summed E-state index contributed by atoms with van der Waals surface area (Å²) in [5.41, 5.74) is 6.84. The summed E-state index contributed by atoms with van der Waals surface area (Å²) in [6, 6.07) is 32.7. The molecule has 0 aliphatic carbocycles. The van der Waals surface area contributed by atoms with Gasteiger partial charge < -0.3 is 14.8 Å². The first kappa shape index (κ1) is 23.1. The zero-order valence-electron chi connectivity index (χ0n) is 20.4. The van der Waals surface area contributed by atoms with Gasteiger partial charge in [-0.15, -0.1) is 0 Å². The predicted molar refractivity (Wildman–Crippen MR) is 145 cm³/mol. The van der Waals surface area contributed by atoms with E-state index in [1.165, 1.54) is 6.92 Å². The maximum Gasteiger partial charge on any atom is 0.222 e. The molecule has 5 nitrogen and oxygen atoms in total. The molecule has 4 aromatic carbocycles. The molecule has 0 saturated carbocycles. The molecule has 0 radical (unpaired) electrons. The van der Waals surface area contributed by atoms with Crippen molar-refractivity contribution in [1.29, 1.82) is 0 Å². The van der Waals surface area contributed by atoms with Crippen LogP contribution in [0.3, 0.4) is 0 Å². The highest BCUT2D eigenvalue weighted by molar-refractivity contribution is 5.98. The summed E-state index contributed by atoms with van der Waals surface area (Å²) in [5, 5.41) is 3.80. The van der Waals surface area contributed by atoms with E-state index in [0.717, 1.165) is 38.8 Å². The van der Waals surface area contributed by atoms with E-state index in [-0.39, 0.29) is 5.91 Å². The predicted octanol–water partition coefficient (Wildman–Crippen LogP) is 7.21. The molecule has 36 heavy (non-hydrogen) atoms. The second kappa shape index (κ2) is 9.92. The average Bonchev–Trinajstić information content (AvgIpc) is 2.92. The molecule has 1 heterocycles. The Morgan fingerprint density at radius 2 is 1.19 bits per heavy atom. The lowest BCUT2D eigenvalue weighted by atomic mass is 9.93. The maximum atomic E-state index is 12.1. The number of anilines is 1. The Labute approximate surface area is 210 Å². The molecule has 5 aromatic rings. The Kier molecular flexibility index (Phi) is 6.37. The Balaban J connectivity index is 1.78. The topological polar surface area (TPSA) is 60.5 Å². The fourth-order valence-electron chi connectivity index (χ4n) is 4.36. The van der Waals surface area contributed by atoms with Crippen LogP contribution >= 0.6 is 0 Å². The van der Waals surface area contributed by atoms with Crippen LogP contribution in [-0.2, 0) is 4.79 Å². The molecular formula is C31H26N2O3. The number of pyridine rings is 1. The zero-order valence-corrected chi connectivity index (χ0v) is 20.4. The molecule has 0 unspecified atom stereocenters. The third kappa shape index (κ3) is 4.64. The van der Waals surface area contributed by atoms with Gasteiger partial charge in [-0.3, -0.25) is 4.79 Å². The zero-order chi connectivity index (χ0) is 25.1. The van der Waals surface area contributed by atoms with E-state index in [4.69, 9.17) is 14.5 Å². The summed E-state index contributed by atoms with van der Waals surface area (Å²) in [5.74, 6) is 1.50. The number of fused-ring (bicyclic) bond motifs is 1. The second-order valence-corrected chi connectivity index (χ2v) is 8.50. The molecule has 178 valence electrons. The lowest BCUT2D eigenvalue weighted by Gasteiger charge is -2.16. The molecule has 1 amide bonds. The van der Waals surface area contributed by atoms with Crippen LogP contribution in [0.1, 0.15) is 6.92 Å². The summed E-state index contributed by atoms with van der Waals surface area (Å²) in [6.07, 6.45) is 0. The van der Waals surface area contributed by atoms with Gasteiger partial charge in [-0.1, -0.05) is 60.7 Å². The first-order valence-electron chi connectivity index (χ1n) is 11.7. The lowest BCUT2D eigenvalue weighted by molar-refractivity contribution is -0.114. The van der Waals surface area contributed by atoms with E-state index in [0.29, 0.717) is 22.8 Å². The van der Waals surface area contributed by atoms with Crippen molar-refractivity contribution in [3.63, 3.8) is 0 Å². The van der Waals surface area contributed by atoms with Gasteiger partial charge in [-0.05, 0) is 58.1 Å². The van der Waals surface area contributed by atoms with Crippen molar-refractivity contribution < 1.29 is 14.3 Å². The highest BCUT2D eigenvalue weighted by Gasteiger charge is 2.16. The number of methoxy groups -OCH3 is 2. The molecule has 1 aromatic heterocycles. The molecule has 0 fully saturated rings. The Morgan fingerprint density at radius 3 is 1.72 bits per heavy atom. The van der Waals surface area contributed by atoms with Gasteiger partial charge >= 0.3 is 0 Å². The molecule has 1 N–H and O–H groups in total. The van der Waals surface area contributed by atoms with Crippen molar-refractivity contribution in [2.75, 3.05) is 19.5 Å². The molecule has 0 atom stereocenters. The number of carbonyl (C=O) groups excluding carboxylic acids is 1. The minimum atomic E-state index is -0.189. The van der Waals surface area contributed by atoms with Gasteiger partial charge in [0.25, 0.3) is 0 Å². The number of nitrogens with zero attached hydrogens (tertiary/aromatic N) is 1. The van der Waals surface area contributed by atoms with Gasteiger partial charge in [0.15, 0.2) is 11.5 Å². The van der Waals surface area contributed by atoms with E-state index in [1.807, 2.05) is 54.6 Å². The van der Waals surface area contributed by atoms with E-state index < -0.39 is 0 Å². The minimum absolute atomic E-state index is 0.189. The Hall–Kier alpha value is -4.64. The molecule has 5 rings (SSSR count). The molecule has 0 aliphatic rings. The fraction of sp³-hybridized carbons (Fsp3) is 0.0968. The quantitative estimate of drug-likeness (QED) is 0.282. The number of carbonyl (C=O) groups is 1. The lowest BCUT2D eigenvalue weighted by Crippen LogP contribution is -2.09. The van der Waals surface area contributed by atoms with Gasteiger partial charge in [0.1, 0.15) is 5.82 Å². The Morgan fingerprint density at radius 1 is 0.667 bits per heavy atom. The molecule has 0 saturated heterocycles. The van der Waals surface area contributed by atoms with E-state index in [1.54, 1.807) is 14.2 Å². The van der Waals surface area contributed by atoms with Crippen LogP contribution in [-0.4, -0.2) is 25.1 Å². The average molecular weight is 475 g/mol.